The Morgan fingerprint density at radius 3 is 2.44 bits per heavy atom. The summed E-state index contributed by atoms with van der Waals surface area (Å²) in [6.07, 6.45) is 11.2. The number of carboxylic acids is 1. The number of hydrogen-bond acceptors (Lipinski definition) is 6. The minimum absolute atomic E-state index is 0.0223. The van der Waals surface area contributed by atoms with Crippen LogP contribution in [0.15, 0.2) is 23.8 Å². The standard InChI is InChI=1S/C26H44O7Si/c1-11-12-20(29-6)14-13-19(2)15-23(33-34(9,10)25(3,4)5)22-16-21(30-7)17-26(31-8,32-22)18-24(27)28/h1,13-15,20-23H,12,16-18H2,2-10H3,(H,27,28)/b14-13+,19-15+/t20-,21-,22-,23-,26+/m1/s1. The molecule has 1 N–H and O–H groups in total. The number of carboxylic acid groups (broad SMARTS) is 1. The molecule has 34 heavy (non-hydrogen) atoms. The first-order chi connectivity index (χ1) is 15.7. The van der Waals surface area contributed by atoms with Crippen molar-refractivity contribution in [1.29, 1.82) is 0 Å². The fraction of sp³-hybridized carbons (Fsp3) is 0.731. The summed E-state index contributed by atoms with van der Waals surface area (Å²) in [7, 11) is 2.52. The van der Waals surface area contributed by atoms with E-state index >= 15 is 0 Å². The SMILES string of the molecule is C#CC[C@H](/C=C/C(C)=C/[C@@H](O[Si](C)(C)C(C)(C)C)[C@H]1C[C@@H](OC)C[C@](CC(=O)O)(OC)O1)OC. The highest BCUT2D eigenvalue weighted by Crippen LogP contribution is 2.41. The fourth-order valence-electron chi connectivity index (χ4n) is 3.64. The second-order valence-corrected chi connectivity index (χ2v) is 15.2. The number of rotatable bonds is 12. The van der Waals surface area contributed by atoms with Gasteiger partial charge in [0.25, 0.3) is 0 Å². The van der Waals surface area contributed by atoms with Crippen LogP contribution in [0.1, 0.15) is 53.4 Å². The number of ether oxygens (including phenoxy) is 4. The Morgan fingerprint density at radius 2 is 1.97 bits per heavy atom. The molecule has 5 atom stereocenters. The zero-order valence-corrected chi connectivity index (χ0v) is 23.3. The van der Waals surface area contributed by atoms with Crippen molar-refractivity contribution >= 4 is 14.3 Å². The Hall–Kier alpha value is -1.47. The Labute approximate surface area is 207 Å². The van der Waals surface area contributed by atoms with Gasteiger partial charge in [-0.15, -0.1) is 12.3 Å². The minimum Gasteiger partial charge on any atom is -0.481 e. The fourth-order valence-corrected chi connectivity index (χ4v) is 4.90. The first-order valence-electron chi connectivity index (χ1n) is 11.7. The van der Waals surface area contributed by atoms with Gasteiger partial charge in [-0.1, -0.05) is 44.6 Å². The normalized spacial score (nSPS) is 26.3. The third kappa shape index (κ3) is 8.95. The van der Waals surface area contributed by atoms with Gasteiger partial charge in [-0.3, -0.25) is 4.79 Å². The summed E-state index contributed by atoms with van der Waals surface area (Å²) >= 11 is 0. The van der Waals surface area contributed by atoms with Gasteiger partial charge in [0.2, 0.25) is 0 Å². The second-order valence-electron chi connectivity index (χ2n) is 10.4. The highest BCUT2D eigenvalue weighted by atomic mass is 28.4. The average Bonchev–Trinajstić information content (AvgIpc) is 2.74. The molecule has 0 aliphatic carbocycles. The number of terminal acetylenes is 1. The van der Waals surface area contributed by atoms with Crippen molar-refractivity contribution in [2.75, 3.05) is 21.3 Å². The molecular formula is C26H44O7Si. The third-order valence-corrected chi connectivity index (χ3v) is 11.2. The lowest BCUT2D eigenvalue weighted by atomic mass is 9.92. The van der Waals surface area contributed by atoms with E-state index in [2.05, 4.69) is 39.8 Å². The van der Waals surface area contributed by atoms with E-state index in [1.54, 1.807) is 14.2 Å². The summed E-state index contributed by atoms with van der Waals surface area (Å²) in [5.74, 6) is 0.340. The van der Waals surface area contributed by atoms with E-state index in [-0.39, 0.29) is 23.7 Å². The van der Waals surface area contributed by atoms with E-state index in [4.69, 9.17) is 29.8 Å². The molecule has 0 aromatic carbocycles. The highest BCUT2D eigenvalue weighted by molar-refractivity contribution is 6.74. The van der Waals surface area contributed by atoms with E-state index in [0.29, 0.717) is 19.3 Å². The molecule has 0 amide bonds. The van der Waals surface area contributed by atoms with Crippen molar-refractivity contribution in [1.82, 2.24) is 0 Å². The number of methoxy groups -OCH3 is 3. The first-order valence-corrected chi connectivity index (χ1v) is 14.6. The molecule has 194 valence electrons. The molecule has 0 spiro atoms. The van der Waals surface area contributed by atoms with Crippen LogP contribution in [-0.4, -0.2) is 70.9 Å². The molecule has 8 heteroatoms. The molecule has 0 unspecified atom stereocenters. The summed E-state index contributed by atoms with van der Waals surface area (Å²) in [6.45, 7) is 12.9. The lowest BCUT2D eigenvalue weighted by Crippen LogP contribution is -2.55. The van der Waals surface area contributed by atoms with Crippen LogP contribution in [0.4, 0.5) is 0 Å². The van der Waals surface area contributed by atoms with Crippen LogP contribution in [0.3, 0.4) is 0 Å². The molecule has 0 aromatic rings. The van der Waals surface area contributed by atoms with Gasteiger partial charge < -0.3 is 28.5 Å². The van der Waals surface area contributed by atoms with Gasteiger partial charge in [0.05, 0.1) is 30.8 Å². The lowest BCUT2D eigenvalue weighted by molar-refractivity contribution is -0.297. The maximum atomic E-state index is 11.6. The molecule has 1 heterocycles. The Balaban J connectivity index is 3.38. The van der Waals surface area contributed by atoms with E-state index in [1.807, 2.05) is 25.2 Å². The van der Waals surface area contributed by atoms with Gasteiger partial charge in [-0.2, -0.15) is 0 Å². The summed E-state index contributed by atoms with van der Waals surface area (Å²) in [4.78, 5) is 11.6. The zero-order valence-electron chi connectivity index (χ0n) is 22.3. The van der Waals surface area contributed by atoms with Crippen molar-refractivity contribution in [2.24, 2.45) is 0 Å². The summed E-state index contributed by atoms with van der Waals surface area (Å²) in [5.41, 5.74) is 0.965. The Bertz CT molecular complexity index is 762. The maximum Gasteiger partial charge on any atom is 0.308 e. The lowest BCUT2D eigenvalue weighted by Gasteiger charge is -2.47. The number of carbonyl (C=O) groups is 1. The van der Waals surface area contributed by atoms with Gasteiger partial charge in [0, 0.05) is 40.6 Å². The van der Waals surface area contributed by atoms with Gasteiger partial charge in [-0.25, -0.2) is 0 Å². The Kier molecular flexibility index (Phi) is 11.7. The molecule has 1 saturated heterocycles. The average molecular weight is 497 g/mol. The monoisotopic (exact) mass is 496 g/mol. The third-order valence-electron chi connectivity index (χ3n) is 6.75. The number of aliphatic carboxylic acids is 1. The predicted molar refractivity (Wildman–Crippen MR) is 136 cm³/mol. The van der Waals surface area contributed by atoms with Crippen LogP contribution in [0.2, 0.25) is 18.1 Å². The number of hydrogen-bond donors (Lipinski definition) is 1. The maximum absolute atomic E-state index is 11.6. The van der Waals surface area contributed by atoms with Crippen LogP contribution in [0, 0.1) is 12.3 Å². The molecule has 0 aromatic heterocycles. The topological polar surface area (TPSA) is 83.5 Å². The minimum atomic E-state index is -2.20. The summed E-state index contributed by atoms with van der Waals surface area (Å²) in [6, 6.07) is 0. The number of allylic oxidation sites excluding steroid dienone is 2. The molecule has 1 fully saturated rings. The van der Waals surface area contributed by atoms with Crippen LogP contribution < -0.4 is 0 Å². The van der Waals surface area contributed by atoms with E-state index in [0.717, 1.165) is 5.57 Å². The summed E-state index contributed by atoms with van der Waals surface area (Å²) < 4.78 is 29.9. The van der Waals surface area contributed by atoms with Crippen molar-refractivity contribution in [3.63, 3.8) is 0 Å². The van der Waals surface area contributed by atoms with Gasteiger partial charge in [0.15, 0.2) is 14.1 Å². The zero-order chi connectivity index (χ0) is 26.2. The van der Waals surface area contributed by atoms with Crippen molar-refractivity contribution in [3.8, 4) is 12.3 Å². The molecule has 0 bridgehead atoms. The van der Waals surface area contributed by atoms with Crippen LogP contribution >= 0.6 is 0 Å². The Morgan fingerprint density at radius 1 is 1.32 bits per heavy atom. The summed E-state index contributed by atoms with van der Waals surface area (Å²) in [5, 5.41) is 9.48. The largest absolute Gasteiger partial charge is 0.481 e. The van der Waals surface area contributed by atoms with Crippen LogP contribution in [0.5, 0.6) is 0 Å². The van der Waals surface area contributed by atoms with Crippen molar-refractivity contribution in [3.05, 3.63) is 23.8 Å². The molecular weight excluding hydrogens is 452 g/mol. The first kappa shape index (κ1) is 30.6. The van der Waals surface area contributed by atoms with Crippen molar-refractivity contribution in [2.45, 2.75) is 102 Å². The second kappa shape index (κ2) is 13.0. The highest BCUT2D eigenvalue weighted by Gasteiger charge is 2.48. The molecule has 0 saturated carbocycles. The smallest absolute Gasteiger partial charge is 0.308 e. The van der Waals surface area contributed by atoms with Crippen LogP contribution in [-0.2, 0) is 28.2 Å². The van der Waals surface area contributed by atoms with E-state index < -0.39 is 32.3 Å². The van der Waals surface area contributed by atoms with Crippen molar-refractivity contribution < 1.29 is 33.3 Å². The molecule has 1 aliphatic rings. The van der Waals surface area contributed by atoms with Gasteiger partial charge in [0.1, 0.15) is 0 Å². The molecule has 1 rings (SSSR count). The van der Waals surface area contributed by atoms with E-state index in [9.17, 15) is 9.90 Å². The van der Waals surface area contributed by atoms with Crippen LogP contribution in [0.25, 0.3) is 0 Å². The van der Waals surface area contributed by atoms with Gasteiger partial charge >= 0.3 is 5.97 Å². The van der Waals surface area contributed by atoms with Gasteiger partial charge in [-0.05, 0) is 25.1 Å². The molecule has 7 nitrogen and oxygen atoms in total. The van der Waals surface area contributed by atoms with E-state index in [1.165, 1.54) is 7.11 Å². The quantitative estimate of drug-likeness (QED) is 0.233. The molecule has 1 aliphatic heterocycles. The predicted octanol–water partition coefficient (Wildman–Crippen LogP) is 4.93. The molecule has 0 radical (unpaired) electrons.